The number of carbonyl (C=O) groups is 2. The number of ether oxygens (including phenoxy) is 1. The van der Waals surface area contributed by atoms with Gasteiger partial charge in [0.15, 0.2) is 0 Å². The van der Waals surface area contributed by atoms with Crippen molar-refractivity contribution >= 4 is 11.9 Å². The maximum Gasteiger partial charge on any atom is 0.338 e. The van der Waals surface area contributed by atoms with Crippen LogP contribution in [-0.4, -0.2) is 34.0 Å². The van der Waals surface area contributed by atoms with Crippen LogP contribution in [0.15, 0.2) is 42.5 Å². The maximum atomic E-state index is 12.5. The fourth-order valence-electron chi connectivity index (χ4n) is 3.88. The van der Waals surface area contributed by atoms with Gasteiger partial charge in [-0.3, -0.25) is 4.79 Å². The van der Waals surface area contributed by atoms with Crippen molar-refractivity contribution in [1.29, 1.82) is 0 Å². The van der Waals surface area contributed by atoms with Gasteiger partial charge < -0.3 is 9.64 Å². The van der Waals surface area contributed by atoms with Crippen LogP contribution in [0.2, 0.25) is 0 Å². The summed E-state index contributed by atoms with van der Waals surface area (Å²) >= 11 is 0. The molecule has 0 unspecified atom stereocenters. The van der Waals surface area contributed by atoms with Crippen LogP contribution in [0, 0.1) is 0 Å². The molecule has 1 saturated heterocycles. The molecule has 0 N–H and O–H groups in total. The van der Waals surface area contributed by atoms with Crippen molar-refractivity contribution in [3.63, 3.8) is 0 Å². The summed E-state index contributed by atoms with van der Waals surface area (Å²) in [4.78, 5) is 26.8. The first-order valence-electron chi connectivity index (χ1n) is 8.40. The third kappa shape index (κ3) is 3.86. The zero-order valence-corrected chi connectivity index (χ0v) is 15.2. The number of nitrogens with zero attached hydrogens (tertiary/aromatic N) is 1. The largest absolute Gasteiger partial charge is 0.459 e. The smallest absolute Gasteiger partial charge is 0.338 e. The van der Waals surface area contributed by atoms with E-state index in [9.17, 15) is 9.59 Å². The van der Waals surface area contributed by atoms with Crippen molar-refractivity contribution in [2.24, 2.45) is 0 Å². The molecule has 2 rings (SSSR count). The lowest BCUT2D eigenvalue weighted by Crippen LogP contribution is -2.64. The number of amides is 1. The highest BCUT2D eigenvalue weighted by molar-refractivity contribution is 5.90. The molecule has 0 spiro atoms. The Hall–Kier alpha value is -2.10. The van der Waals surface area contributed by atoms with E-state index in [1.807, 2.05) is 57.7 Å². The van der Waals surface area contributed by atoms with E-state index in [2.05, 4.69) is 0 Å². The van der Waals surface area contributed by atoms with Crippen LogP contribution in [0.1, 0.15) is 57.8 Å². The van der Waals surface area contributed by atoms with Crippen LogP contribution < -0.4 is 0 Å². The number of piperidine rings is 1. The summed E-state index contributed by atoms with van der Waals surface area (Å²) in [5, 5.41) is 0. The van der Waals surface area contributed by atoms with E-state index in [0.29, 0.717) is 18.4 Å². The number of carbonyl (C=O) groups excluding carboxylic acids is 2. The summed E-state index contributed by atoms with van der Waals surface area (Å²) in [6.07, 6.45) is 4.39. The molecule has 4 heteroatoms. The molecule has 1 aliphatic heterocycles. The third-order valence-electron chi connectivity index (χ3n) is 4.48. The molecule has 0 radical (unpaired) electrons. The average molecular weight is 329 g/mol. The van der Waals surface area contributed by atoms with Crippen molar-refractivity contribution in [2.75, 3.05) is 0 Å². The van der Waals surface area contributed by atoms with Gasteiger partial charge in [-0.05, 0) is 52.8 Å². The molecule has 1 aromatic carbocycles. The van der Waals surface area contributed by atoms with Crippen molar-refractivity contribution < 1.29 is 14.3 Å². The second-order valence-corrected chi connectivity index (χ2v) is 7.60. The van der Waals surface area contributed by atoms with Gasteiger partial charge in [0.1, 0.15) is 6.10 Å². The molecule has 1 fully saturated rings. The molecular weight excluding hydrogens is 302 g/mol. The molecule has 0 aromatic heterocycles. The zero-order valence-electron chi connectivity index (χ0n) is 15.2. The Bertz CT molecular complexity index is 614. The van der Waals surface area contributed by atoms with Crippen molar-refractivity contribution in [2.45, 2.75) is 64.6 Å². The lowest BCUT2D eigenvalue weighted by Gasteiger charge is -2.54. The Labute approximate surface area is 144 Å². The molecular formula is C20H27NO3. The quantitative estimate of drug-likeness (QED) is 0.623. The van der Waals surface area contributed by atoms with Crippen molar-refractivity contribution in [1.82, 2.24) is 4.90 Å². The molecule has 0 bridgehead atoms. The Balaban J connectivity index is 2.17. The second kappa shape index (κ2) is 6.80. The number of esters is 1. The SMILES string of the molecule is C/C=C/C(=O)N1C(C)(C)CC(OC(=O)c2ccccc2)CC1(C)C. The molecule has 0 atom stereocenters. The normalized spacial score (nSPS) is 20.1. The van der Waals surface area contributed by atoms with Crippen LogP contribution in [0.4, 0.5) is 0 Å². The van der Waals surface area contributed by atoms with Gasteiger partial charge in [0.25, 0.3) is 0 Å². The molecule has 1 amide bonds. The fourth-order valence-corrected chi connectivity index (χ4v) is 3.88. The molecule has 1 aliphatic rings. The summed E-state index contributed by atoms with van der Waals surface area (Å²) in [6, 6.07) is 9.02. The first-order chi connectivity index (χ1) is 11.2. The monoisotopic (exact) mass is 329 g/mol. The van der Waals surface area contributed by atoms with E-state index in [1.54, 1.807) is 24.3 Å². The highest BCUT2D eigenvalue weighted by atomic mass is 16.5. The van der Waals surface area contributed by atoms with E-state index in [-0.39, 0.29) is 29.1 Å². The molecule has 4 nitrogen and oxygen atoms in total. The standard InChI is InChI=1S/C20H27NO3/c1-6-10-17(22)21-19(2,3)13-16(14-20(21,4)5)24-18(23)15-11-8-7-9-12-15/h6-12,16H,13-14H2,1-5H3/b10-6+. The molecule has 130 valence electrons. The second-order valence-electron chi connectivity index (χ2n) is 7.60. The minimum Gasteiger partial charge on any atom is -0.459 e. The van der Waals surface area contributed by atoms with Crippen LogP contribution in [0.25, 0.3) is 0 Å². The van der Waals surface area contributed by atoms with Crippen LogP contribution in [0.3, 0.4) is 0 Å². The zero-order chi connectivity index (χ0) is 18.0. The van der Waals surface area contributed by atoms with Gasteiger partial charge >= 0.3 is 5.97 Å². The highest BCUT2D eigenvalue weighted by Gasteiger charge is 2.48. The average Bonchev–Trinajstić information content (AvgIpc) is 2.45. The minimum atomic E-state index is -0.389. The molecule has 0 saturated carbocycles. The Morgan fingerprint density at radius 1 is 1.08 bits per heavy atom. The van der Waals surface area contributed by atoms with Gasteiger partial charge in [-0.2, -0.15) is 0 Å². The van der Waals surface area contributed by atoms with Gasteiger partial charge in [0.05, 0.1) is 5.56 Å². The summed E-state index contributed by atoms with van der Waals surface area (Å²) in [6.45, 7) is 9.95. The van der Waals surface area contributed by atoms with E-state index >= 15 is 0 Å². The highest BCUT2D eigenvalue weighted by Crippen LogP contribution is 2.40. The summed E-state index contributed by atoms with van der Waals surface area (Å²) in [7, 11) is 0. The predicted molar refractivity (Wildman–Crippen MR) is 94.7 cm³/mol. The van der Waals surface area contributed by atoms with Crippen LogP contribution in [0.5, 0.6) is 0 Å². The van der Waals surface area contributed by atoms with Crippen molar-refractivity contribution in [3.8, 4) is 0 Å². The summed E-state index contributed by atoms with van der Waals surface area (Å²) < 4.78 is 5.74. The topological polar surface area (TPSA) is 46.6 Å². The number of hydrogen-bond donors (Lipinski definition) is 0. The van der Waals surface area contributed by atoms with Gasteiger partial charge in [-0.1, -0.05) is 24.3 Å². The Morgan fingerprint density at radius 2 is 1.62 bits per heavy atom. The first kappa shape index (κ1) is 18.2. The number of rotatable bonds is 3. The molecule has 1 heterocycles. The third-order valence-corrected chi connectivity index (χ3v) is 4.48. The number of allylic oxidation sites excluding steroid dienone is 1. The predicted octanol–water partition coefficient (Wildman–Crippen LogP) is 3.97. The van der Waals surface area contributed by atoms with E-state index in [4.69, 9.17) is 4.74 Å². The first-order valence-corrected chi connectivity index (χ1v) is 8.40. The van der Waals surface area contributed by atoms with Crippen molar-refractivity contribution in [3.05, 3.63) is 48.0 Å². The number of hydrogen-bond acceptors (Lipinski definition) is 3. The molecule has 1 aromatic rings. The van der Waals surface area contributed by atoms with E-state index < -0.39 is 0 Å². The van der Waals surface area contributed by atoms with Gasteiger partial charge in [0, 0.05) is 23.9 Å². The lowest BCUT2D eigenvalue weighted by atomic mass is 9.78. The summed E-state index contributed by atoms with van der Waals surface area (Å²) in [5.74, 6) is -0.305. The van der Waals surface area contributed by atoms with E-state index in [0.717, 1.165) is 0 Å². The fraction of sp³-hybridized carbons (Fsp3) is 0.500. The number of benzene rings is 1. The lowest BCUT2D eigenvalue weighted by molar-refractivity contribution is -0.149. The Kier molecular flexibility index (Phi) is 5.16. The van der Waals surface area contributed by atoms with Gasteiger partial charge in [-0.25, -0.2) is 4.79 Å². The molecule has 0 aliphatic carbocycles. The van der Waals surface area contributed by atoms with E-state index in [1.165, 1.54) is 0 Å². The van der Waals surface area contributed by atoms with Crippen LogP contribution >= 0.6 is 0 Å². The van der Waals surface area contributed by atoms with Gasteiger partial charge in [0.2, 0.25) is 5.91 Å². The maximum absolute atomic E-state index is 12.5. The van der Waals surface area contributed by atoms with Gasteiger partial charge in [-0.15, -0.1) is 0 Å². The number of likely N-dealkylation sites (tertiary alicyclic amines) is 1. The summed E-state index contributed by atoms with van der Waals surface area (Å²) in [5.41, 5.74) is -0.222. The Morgan fingerprint density at radius 3 is 2.12 bits per heavy atom. The molecule has 24 heavy (non-hydrogen) atoms. The van der Waals surface area contributed by atoms with Crippen LogP contribution in [-0.2, 0) is 9.53 Å². The minimum absolute atomic E-state index is 0.000311.